The van der Waals surface area contributed by atoms with Crippen LogP contribution in [0.5, 0.6) is 11.5 Å². The highest BCUT2D eigenvalue weighted by molar-refractivity contribution is 5.60. The average molecular weight is 284 g/mol. The van der Waals surface area contributed by atoms with E-state index in [9.17, 15) is 5.11 Å². The van der Waals surface area contributed by atoms with Crippen LogP contribution in [0.1, 0.15) is 0 Å². The summed E-state index contributed by atoms with van der Waals surface area (Å²) < 4.78 is 10.6. The molecule has 0 amide bonds. The number of nitrogens with one attached hydrogen (secondary N) is 1. The monoisotopic (exact) mass is 284 g/mol. The average Bonchev–Trinajstić information content (AvgIpc) is 2.97. The fourth-order valence-corrected chi connectivity index (χ4v) is 1.76. The van der Waals surface area contributed by atoms with Gasteiger partial charge in [0.05, 0.1) is 19.0 Å². The smallest absolute Gasteiger partial charge is 0.320 e. The number of nitrogens with zero attached hydrogens (tertiary/aromatic N) is 3. The topological polar surface area (TPSA) is 93.3 Å². The van der Waals surface area contributed by atoms with Crippen LogP contribution < -0.4 is 10.1 Å². The number of phenols is 1. The molecule has 0 saturated heterocycles. The summed E-state index contributed by atoms with van der Waals surface area (Å²) in [5.74, 6) is 0.710. The molecular weight excluding hydrogens is 272 g/mol. The lowest BCUT2D eigenvalue weighted by Gasteiger charge is -2.03. The Kier molecular flexibility index (Phi) is 3.38. The molecule has 0 spiro atoms. The van der Waals surface area contributed by atoms with Crippen LogP contribution in [0, 0.1) is 0 Å². The Morgan fingerprint density at radius 2 is 2.14 bits per heavy atom. The second kappa shape index (κ2) is 5.49. The molecule has 3 rings (SSSR count). The minimum absolute atomic E-state index is 0.0504. The molecule has 3 aromatic rings. The molecule has 2 heterocycles. The van der Waals surface area contributed by atoms with Crippen LogP contribution >= 0.6 is 0 Å². The zero-order valence-corrected chi connectivity index (χ0v) is 11.1. The molecule has 0 unspecified atom stereocenters. The number of aromatic hydroxyl groups is 1. The highest BCUT2D eigenvalue weighted by Crippen LogP contribution is 2.31. The Bertz CT molecular complexity index is 743. The summed E-state index contributed by atoms with van der Waals surface area (Å²) in [4.78, 5) is 3.98. The Morgan fingerprint density at radius 3 is 2.90 bits per heavy atom. The van der Waals surface area contributed by atoms with Gasteiger partial charge >= 0.3 is 6.01 Å². The van der Waals surface area contributed by atoms with Gasteiger partial charge in [0.25, 0.3) is 0 Å². The van der Waals surface area contributed by atoms with Gasteiger partial charge in [0.15, 0.2) is 11.5 Å². The van der Waals surface area contributed by atoms with Crippen molar-refractivity contribution in [2.45, 2.75) is 0 Å². The maximum atomic E-state index is 9.57. The summed E-state index contributed by atoms with van der Waals surface area (Å²) in [6.07, 6.45) is 3.32. The number of hydrogen-bond donors (Lipinski definition) is 2. The number of anilines is 2. The quantitative estimate of drug-likeness (QED) is 0.760. The lowest BCUT2D eigenvalue weighted by atomic mass is 10.2. The molecule has 0 atom stereocenters. The summed E-state index contributed by atoms with van der Waals surface area (Å²) in [5, 5.41) is 20.4. The molecule has 2 aromatic heterocycles. The molecule has 7 nitrogen and oxygen atoms in total. The largest absolute Gasteiger partial charge is 0.504 e. The molecule has 0 aliphatic rings. The van der Waals surface area contributed by atoms with Crippen LogP contribution in [0.25, 0.3) is 11.5 Å². The van der Waals surface area contributed by atoms with E-state index in [1.807, 2.05) is 6.07 Å². The third-order valence-corrected chi connectivity index (χ3v) is 2.76. The van der Waals surface area contributed by atoms with Crippen LogP contribution in [0.15, 0.2) is 47.1 Å². The number of rotatable bonds is 4. The number of phenolic OH excluding ortho intramolecular Hbond substituents is 1. The first kappa shape index (κ1) is 12.9. The van der Waals surface area contributed by atoms with Crippen molar-refractivity contribution < 1.29 is 14.3 Å². The normalized spacial score (nSPS) is 10.3. The van der Waals surface area contributed by atoms with Crippen LogP contribution in [-0.4, -0.2) is 27.4 Å². The third-order valence-electron chi connectivity index (χ3n) is 2.76. The molecule has 0 aliphatic carbocycles. The molecule has 0 radical (unpaired) electrons. The van der Waals surface area contributed by atoms with Crippen molar-refractivity contribution in [1.29, 1.82) is 0 Å². The Labute approximate surface area is 120 Å². The third kappa shape index (κ3) is 2.76. The predicted molar refractivity (Wildman–Crippen MR) is 75.5 cm³/mol. The number of pyridine rings is 1. The first-order valence-electron chi connectivity index (χ1n) is 6.14. The number of aromatic nitrogens is 3. The van der Waals surface area contributed by atoms with E-state index in [1.54, 1.807) is 30.6 Å². The first-order valence-corrected chi connectivity index (χ1v) is 6.14. The maximum absolute atomic E-state index is 9.57. The van der Waals surface area contributed by atoms with E-state index in [2.05, 4.69) is 20.5 Å². The van der Waals surface area contributed by atoms with E-state index < -0.39 is 0 Å². The molecular formula is C14H12N4O3. The lowest BCUT2D eigenvalue weighted by molar-refractivity contribution is 0.373. The highest BCUT2D eigenvalue weighted by Gasteiger charge is 2.11. The molecule has 2 N–H and O–H groups in total. The van der Waals surface area contributed by atoms with Crippen molar-refractivity contribution in [2.24, 2.45) is 0 Å². The van der Waals surface area contributed by atoms with Crippen LogP contribution in [0.2, 0.25) is 0 Å². The highest BCUT2D eigenvalue weighted by atomic mass is 16.5. The molecule has 21 heavy (non-hydrogen) atoms. The van der Waals surface area contributed by atoms with Gasteiger partial charge in [-0.25, -0.2) is 0 Å². The minimum Gasteiger partial charge on any atom is -0.504 e. The fraction of sp³-hybridized carbons (Fsp3) is 0.0714. The molecule has 0 fully saturated rings. The summed E-state index contributed by atoms with van der Waals surface area (Å²) in [6, 6.07) is 8.68. The van der Waals surface area contributed by atoms with Gasteiger partial charge in [-0.3, -0.25) is 4.98 Å². The van der Waals surface area contributed by atoms with Crippen molar-refractivity contribution in [1.82, 2.24) is 15.2 Å². The van der Waals surface area contributed by atoms with Gasteiger partial charge in [-0.05, 0) is 30.3 Å². The summed E-state index contributed by atoms with van der Waals surface area (Å²) in [5.41, 5.74) is 1.40. The Hall–Kier alpha value is -3.09. The van der Waals surface area contributed by atoms with Crippen molar-refractivity contribution in [3.8, 4) is 23.0 Å². The van der Waals surface area contributed by atoms with Crippen LogP contribution in [0.4, 0.5) is 11.7 Å². The Balaban J connectivity index is 1.85. The molecule has 0 saturated carbocycles. The number of methoxy groups -OCH3 is 1. The number of hydrogen-bond acceptors (Lipinski definition) is 7. The van der Waals surface area contributed by atoms with Crippen molar-refractivity contribution in [2.75, 3.05) is 12.4 Å². The van der Waals surface area contributed by atoms with Gasteiger partial charge in [-0.2, -0.15) is 0 Å². The van der Waals surface area contributed by atoms with Gasteiger partial charge in [-0.15, -0.1) is 5.10 Å². The molecule has 7 heteroatoms. The minimum atomic E-state index is 0.0504. The van der Waals surface area contributed by atoms with Crippen LogP contribution in [-0.2, 0) is 0 Å². The standard InChI is InChI=1S/C14H12N4O3/c1-20-12-7-9(4-5-11(12)19)13-17-18-14(21-13)16-10-3-2-6-15-8-10/h2-8,19H,1H3,(H,16,18). The Morgan fingerprint density at radius 1 is 1.24 bits per heavy atom. The van der Waals surface area contributed by atoms with Gasteiger partial charge < -0.3 is 19.6 Å². The van der Waals surface area contributed by atoms with Gasteiger partial charge in [0, 0.05) is 11.8 Å². The van der Waals surface area contributed by atoms with E-state index in [0.717, 1.165) is 5.69 Å². The van der Waals surface area contributed by atoms with Crippen molar-refractivity contribution in [3.05, 3.63) is 42.7 Å². The zero-order chi connectivity index (χ0) is 14.7. The lowest BCUT2D eigenvalue weighted by Crippen LogP contribution is -1.90. The molecule has 0 bridgehead atoms. The summed E-state index contributed by atoms with van der Waals surface area (Å²) >= 11 is 0. The van der Waals surface area contributed by atoms with E-state index in [4.69, 9.17) is 9.15 Å². The second-order valence-corrected chi connectivity index (χ2v) is 4.17. The molecule has 106 valence electrons. The fourth-order valence-electron chi connectivity index (χ4n) is 1.76. The van der Waals surface area contributed by atoms with E-state index >= 15 is 0 Å². The van der Waals surface area contributed by atoms with Crippen molar-refractivity contribution in [3.63, 3.8) is 0 Å². The van der Waals surface area contributed by atoms with Gasteiger partial charge in [-0.1, -0.05) is 5.10 Å². The van der Waals surface area contributed by atoms with Gasteiger partial charge in [0.2, 0.25) is 5.89 Å². The summed E-state index contributed by atoms with van der Waals surface area (Å²) in [6.45, 7) is 0. The number of ether oxygens (including phenoxy) is 1. The molecule has 1 aromatic carbocycles. The van der Waals surface area contributed by atoms with Gasteiger partial charge in [0.1, 0.15) is 0 Å². The van der Waals surface area contributed by atoms with Crippen LogP contribution in [0.3, 0.4) is 0 Å². The van der Waals surface area contributed by atoms with E-state index in [1.165, 1.54) is 13.2 Å². The SMILES string of the molecule is COc1cc(-c2nnc(Nc3cccnc3)o2)ccc1O. The first-order chi connectivity index (χ1) is 10.3. The van der Waals surface area contributed by atoms with Crippen molar-refractivity contribution >= 4 is 11.7 Å². The van der Waals surface area contributed by atoms with E-state index in [0.29, 0.717) is 17.2 Å². The molecule has 0 aliphatic heterocycles. The predicted octanol–water partition coefficient (Wildman–Crippen LogP) is 2.59. The maximum Gasteiger partial charge on any atom is 0.320 e. The van der Waals surface area contributed by atoms with E-state index in [-0.39, 0.29) is 11.8 Å². The summed E-state index contributed by atoms with van der Waals surface area (Å²) in [7, 11) is 1.47. The zero-order valence-electron chi connectivity index (χ0n) is 11.1. The number of benzene rings is 1. The second-order valence-electron chi connectivity index (χ2n) is 4.17.